The number of hydrogen-bond donors (Lipinski definition) is 2. The minimum absolute atomic E-state index is 0.0669. The van der Waals surface area contributed by atoms with E-state index in [1.807, 2.05) is 4.57 Å². The summed E-state index contributed by atoms with van der Waals surface area (Å²) in [5.41, 5.74) is 0. The fourth-order valence-electron chi connectivity index (χ4n) is 1.55. The van der Waals surface area contributed by atoms with Gasteiger partial charge >= 0.3 is 0 Å². The summed E-state index contributed by atoms with van der Waals surface area (Å²) in [7, 11) is 0. The average Bonchev–Trinajstić information content (AvgIpc) is 2.60. The van der Waals surface area contributed by atoms with E-state index in [4.69, 9.17) is 5.11 Å². The van der Waals surface area contributed by atoms with Crippen LogP contribution < -0.4 is 0 Å². The third-order valence-corrected chi connectivity index (χ3v) is 2.77. The van der Waals surface area contributed by atoms with Gasteiger partial charge < -0.3 is 9.67 Å². The van der Waals surface area contributed by atoms with Gasteiger partial charge in [0.15, 0.2) is 11.0 Å². The number of hydrogen-bond acceptors (Lipinski definition) is 4. The van der Waals surface area contributed by atoms with Crippen molar-refractivity contribution in [2.24, 2.45) is 0 Å². The molecule has 1 aromatic rings. The molecule has 1 N–H and O–H groups in total. The first kappa shape index (κ1) is 12.5. The number of thiol groups is 1. The van der Waals surface area contributed by atoms with E-state index in [1.54, 1.807) is 0 Å². The van der Waals surface area contributed by atoms with Crippen LogP contribution >= 0.6 is 12.6 Å². The second-order valence-corrected chi connectivity index (χ2v) is 4.04. The summed E-state index contributed by atoms with van der Waals surface area (Å²) >= 11 is 4.19. The molecular weight excluding hydrogens is 210 g/mol. The van der Waals surface area contributed by atoms with Crippen LogP contribution in [0.25, 0.3) is 0 Å². The largest absolute Gasteiger partial charge is 0.388 e. The van der Waals surface area contributed by atoms with Crippen LogP contribution in [0.15, 0.2) is 5.16 Å². The van der Waals surface area contributed by atoms with Gasteiger partial charge in [0, 0.05) is 6.54 Å². The van der Waals surface area contributed by atoms with Crippen molar-refractivity contribution in [3.63, 3.8) is 0 Å². The van der Waals surface area contributed by atoms with Gasteiger partial charge in [-0.15, -0.1) is 22.8 Å². The van der Waals surface area contributed by atoms with Crippen LogP contribution in [0.4, 0.5) is 0 Å². The molecular formula is C10H19N3OS. The van der Waals surface area contributed by atoms with Crippen LogP contribution in [-0.4, -0.2) is 19.9 Å². The van der Waals surface area contributed by atoms with Crippen molar-refractivity contribution in [3.8, 4) is 0 Å². The van der Waals surface area contributed by atoms with Gasteiger partial charge in [0.25, 0.3) is 0 Å². The molecule has 1 aromatic heterocycles. The monoisotopic (exact) mass is 229 g/mol. The Morgan fingerprint density at radius 2 is 1.93 bits per heavy atom. The van der Waals surface area contributed by atoms with Gasteiger partial charge in [0.1, 0.15) is 6.61 Å². The highest BCUT2D eigenvalue weighted by atomic mass is 32.1. The van der Waals surface area contributed by atoms with Crippen molar-refractivity contribution in [1.29, 1.82) is 0 Å². The summed E-state index contributed by atoms with van der Waals surface area (Å²) in [5.74, 6) is 0.607. The van der Waals surface area contributed by atoms with Crippen molar-refractivity contribution in [1.82, 2.24) is 14.8 Å². The van der Waals surface area contributed by atoms with E-state index >= 15 is 0 Å². The average molecular weight is 229 g/mol. The Balaban J connectivity index is 2.33. The number of aliphatic hydroxyl groups excluding tert-OH is 1. The number of nitrogens with zero attached hydrogens (tertiary/aromatic N) is 3. The highest BCUT2D eigenvalue weighted by Gasteiger charge is 2.06. The highest BCUT2D eigenvalue weighted by molar-refractivity contribution is 7.80. The molecule has 0 saturated heterocycles. The smallest absolute Gasteiger partial charge is 0.188 e. The van der Waals surface area contributed by atoms with Gasteiger partial charge in [0.05, 0.1) is 0 Å². The predicted molar refractivity (Wildman–Crippen MR) is 62.0 cm³/mol. The standard InChI is InChI=1S/C10H19N3OS/c1-2-3-4-5-6-7-13-9(8-14)11-12-10(13)15/h14H,2-8H2,1H3,(H,12,15). The summed E-state index contributed by atoms with van der Waals surface area (Å²) in [6, 6.07) is 0. The number of aliphatic hydroxyl groups is 1. The third-order valence-electron chi connectivity index (χ3n) is 2.43. The van der Waals surface area contributed by atoms with E-state index in [0.717, 1.165) is 13.0 Å². The zero-order valence-corrected chi connectivity index (χ0v) is 10.1. The molecule has 0 saturated carbocycles. The summed E-state index contributed by atoms with van der Waals surface area (Å²) in [4.78, 5) is 0. The summed E-state index contributed by atoms with van der Waals surface area (Å²) in [6.07, 6.45) is 6.13. The van der Waals surface area contributed by atoms with Crippen LogP contribution in [0.2, 0.25) is 0 Å². The highest BCUT2D eigenvalue weighted by Crippen LogP contribution is 2.10. The van der Waals surface area contributed by atoms with Crippen LogP contribution in [0.1, 0.15) is 44.9 Å². The molecule has 0 fully saturated rings. The van der Waals surface area contributed by atoms with Gasteiger partial charge in [-0.1, -0.05) is 32.6 Å². The second-order valence-electron chi connectivity index (χ2n) is 3.64. The molecule has 0 aromatic carbocycles. The zero-order chi connectivity index (χ0) is 11.1. The first-order valence-electron chi connectivity index (χ1n) is 5.51. The molecule has 0 atom stereocenters. The molecule has 1 heterocycles. The molecule has 0 aliphatic carbocycles. The second kappa shape index (κ2) is 6.85. The lowest BCUT2D eigenvalue weighted by atomic mass is 10.1. The molecule has 0 radical (unpaired) electrons. The Morgan fingerprint density at radius 3 is 2.60 bits per heavy atom. The molecule has 0 aliphatic rings. The van der Waals surface area contributed by atoms with E-state index in [1.165, 1.54) is 25.7 Å². The van der Waals surface area contributed by atoms with Gasteiger partial charge in [-0.2, -0.15) is 0 Å². The maximum absolute atomic E-state index is 9.02. The predicted octanol–water partition coefficient (Wildman–Crippen LogP) is 2.03. The Labute approximate surface area is 96.1 Å². The normalized spacial score (nSPS) is 10.9. The van der Waals surface area contributed by atoms with Crippen molar-refractivity contribution in [2.45, 2.75) is 57.3 Å². The topological polar surface area (TPSA) is 50.9 Å². The summed E-state index contributed by atoms with van der Waals surface area (Å²) < 4.78 is 1.87. The van der Waals surface area contributed by atoms with E-state index in [-0.39, 0.29) is 6.61 Å². The van der Waals surface area contributed by atoms with E-state index in [2.05, 4.69) is 29.7 Å². The van der Waals surface area contributed by atoms with Crippen LogP contribution in [0.3, 0.4) is 0 Å². The molecule has 0 spiro atoms. The van der Waals surface area contributed by atoms with Crippen molar-refractivity contribution in [3.05, 3.63) is 5.82 Å². The molecule has 0 amide bonds. The molecule has 0 bridgehead atoms. The maximum atomic E-state index is 9.02. The number of aromatic nitrogens is 3. The van der Waals surface area contributed by atoms with E-state index < -0.39 is 0 Å². The van der Waals surface area contributed by atoms with Gasteiger partial charge in [-0.25, -0.2) is 0 Å². The first-order valence-corrected chi connectivity index (χ1v) is 5.96. The van der Waals surface area contributed by atoms with Crippen molar-refractivity contribution in [2.75, 3.05) is 0 Å². The molecule has 0 aliphatic heterocycles. The lowest BCUT2D eigenvalue weighted by molar-refractivity contribution is 0.262. The summed E-state index contributed by atoms with van der Waals surface area (Å²) in [6.45, 7) is 2.99. The van der Waals surface area contributed by atoms with Gasteiger partial charge in [-0.05, 0) is 6.42 Å². The van der Waals surface area contributed by atoms with Gasteiger partial charge in [0.2, 0.25) is 0 Å². The van der Waals surface area contributed by atoms with Gasteiger partial charge in [-0.3, -0.25) is 0 Å². The molecule has 5 heteroatoms. The molecule has 0 unspecified atom stereocenters. The maximum Gasteiger partial charge on any atom is 0.188 e. The Bertz CT molecular complexity index is 288. The lowest BCUT2D eigenvalue weighted by Gasteiger charge is -2.06. The molecule has 4 nitrogen and oxygen atoms in total. The molecule has 86 valence electrons. The fraction of sp³-hybridized carbons (Fsp3) is 0.800. The minimum Gasteiger partial charge on any atom is -0.388 e. The molecule has 15 heavy (non-hydrogen) atoms. The third kappa shape index (κ3) is 3.83. The number of unbranched alkanes of at least 4 members (excludes halogenated alkanes) is 4. The zero-order valence-electron chi connectivity index (χ0n) is 9.19. The van der Waals surface area contributed by atoms with E-state index in [9.17, 15) is 0 Å². The summed E-state index contributed by atoms with van der Waals surface area (Å²) in [5, 5.41) is 17.3. The Hall–Kier alpha value is -0.550. The Morgan fingerprint density at radius 1 is 1.20 bits per heavy atom. The van der Waals surface area contributed by atoms with E-state index in [0.29, 0.717) is 11.0 Å². The SMILES string of the molecule is CCCCCCCn1c(S)nnc1CO. The quantitative estimate of drug-likeness (QED) is 0.555. The minimum atomic E-state index is -0.0669. The van der Waals surface area contributed by atoms with Crippen molar-refractivity contribution < 1.29 is 5.11 Å². The van der Waals surface area contributed by atoms with Crippen LogP contribution in [-0.2, 0) is 13.2 Å². The number of rotatable bonds is 7. The fourth-order valence-corrected chi connectivity index (χ4v) is 1.81. The lowest BCUT2D eigenvalue weighted by Crippen LogP contribution is -2.04. The van der Waals surface area contributed by atoms with Crippen LogP contribution in [0, 0.1) is 0 Å². The van der Waals surface area contributed by atoms with Crippen molar-refractivity contribution >= 4 is 12.6 Å². The van der Waals surface area contributed by atoms with Crippen LogP contribution in [0.5, 0.6) is 0 Å². The molecule has 1 rings (SSSR count). The first-order chi connectivity index (χ1) is 7.29. The Kier molecular flexibility index (Phi) is 5.71.